The number of carbonyl (C=O) groups is 1. The van der Waals surface area contributed by atoms with E-state index < -0.39 is 0 Å². The third kappa shape index (κ3) is 2.93. The first-order valence-corrected chi connectivity index (χ1v) is 5.76. The van der Waals surface area contributed by atoms with Crippen molar-refractivity contribution in [3.05, 3.63) is 29.0 Å². The van der Waals surface area contributed by atoms with Crippen LogP contribution >= 0.6 is 11.6 Å². The summed E-state index contributed by atoms with van der Waals surface area (Å²) in [7, 11) is 0. The molecule has 0 saturated carbocycles. The number of aromatic nitrogens is 1. The second-order valence-electron chi connectivity index (χ2n) is 3.86. The minimum Gasteiger partial charge on any atom is -0.349 e. The van der Waals surface area contributed by atoms with E-state index in [0.717, 1.165) is 25.9 Å². The molecule has 16 heavy (non-hydrogen) atoms. The zero-order valence-corrected chi connectivity index (χ0v) is 9.63. The Morgan fingerprint density at radius 2 is 2.25 bits per heavy atom. The highest BCUT2D eigenvalue weighted by Crippen LogP contribution is 2.08. The van der Waals surface area contributed by atoms with Gasteiger partial charge in [0.25, 0.3) is 5.91 Å². The summed E-state index contributed by atoms with van der Waals surface area (Å²) in [6.07, 6.45) is 3.49. The van der Waals surface area contributed by atoms with E-state index in [-0.39, 0.29) is 11.9 Å². The van der Waals surface area contributed by atoms with Gasteiger partial charge in [-0.15, -0.1) is 0 Å². The van der Waals surface area contributed by atoms with Gasteiger partial charge < -0.3 is 10.6 Å². The van der Waals surface area contributed by atoms with Gasteiger partial charge in [0, 0.05) is 17.8 Å². The second-order valence-corrected chi connectivity index (χ2v) is 4.25. The Balaban J connectivity index is 1.97. The van der Waals surface area contributed by atoms with E-state index in [1.807, 2.05) is 0 Å². The van der Waals surface area contributed by atoms with Crippen LogP contribution in [0.4, 0.5) is 0 Å². The molecule has 2 rings (SSSR count). The summed E-state index contributed by atoms with van der Waals surface area (Å²) in [5.74, 6) is -0.0730. The molecule has 1 aromatic rings. The summed E-state index contributed by atoms with van der Waals surface area (Å²) in [4.78, 5) is 15.7. The third-order valence-corrected chi connectivity index (χ3v) is 2.87. The average Bonchev–Trinajstić information content (AvgIpc) is 2.30. The second kappa shape index (κ2) is 5.27. The Morgan fingerprint density at radius 3 is 2.94 bits per heavy atom. The Hall–Kier alpha value is -1.13. The zero-order chi connectivity index (χ0) is 11.4. The molecular weight excluding hydrogens is 226 g/mol. The summed E-state index contributed by atoms with van der Waals surface area (Å²) in [6, 6.07) is 3.51. The first-order valence-electron chi connectivity index (χ1n) is 5.39. The number of piperidine rings is 1. The van der Waals surface area contributed by atoms with Gasteiger partial charge in [-0.3, -0.25) is 4.79 Å². The van der Waals surface area contributed by atoms with Crippen molar-refractivity contribution in [3.63, 3.8) is 0 Å². The number of nitrogens with one attached hydrogen (secondary N) is 2. The maximum absolute atomic E-state index is 11.8. The topological polar surface area (TPSA) is 54.0 Å². The van der Waals surface area contributed by atoms with Gasteiger partial charge in [0.05, 0.1) is 0 Å². The highest BCUT2D eigenvalue weighted by atomic mass is 35.5. The van der Waals surface area contributed by atoms with Crippen LogP contribution in [0, 0.1) is 0 Å². The number of pyridine rings is 1. The summed E-state index contributed by atoms with van der Waals surface area (Å²) >= 11 is 5.73. The standard InChI is InChI=1S/C11H14ClN3O/c12-10-7-8(1-6-14-10)11(16)15-9-2-4-13-5-3-9/h1,6-7,9,13H,2-5H2,(H,15,16). The molecule has 1 aliphatic heterocycles. The number of rotatable bonds is 2. The molecule has 0 aliphatic carbocycles. The van der Waals surface area contributed by atoms with Gasteiger partial charge in [-0.05, 0) is 38.1 Å². The van der Waals surface area contributed by atoms with Gasteiger partial charge in [0.1, 0.15) is 5.15 Å². The largest absolute Gasteiger partial charge is 0.349 e. The van der Waals surface area contributed by atoms with Crippen molar-refractivity contribution in [2.75, 3.05) is 13.1 Å². The van der Waals surface area contributed by atoms with Crippen LogP contribution in [-0.2, 0) is 0 Å². The van der Waals surface area contributed by atoms with Crippen molar-refractivity contribution in [2.45, 2.75) is 18.9 Å². The van der Waals surface area contributed by atoms with Crippen LogP contribution in [0.25, 0.3) is 0 Å². The molecule has 1 aromatic heterocycles. The van der Waals surface area contributed by atoms with Crippen LogP contribution in [0.2, 0.25) is 5.15 Å². The Bertz CT molecular complexity index is 377. The maximum Gasteiger partial charge on any atom is 0.251 e. The predicted molar refractivity (Wildman–Crippen MR) is 62.6 cm³/mol. The lowest BCUT2D eigenvalue weighted by molar-refractivity contribution is 0.0929. The number of carbonyl (C=O) groups excluding carboxylic acids is 1. The molecule has 0 radical (unpaired) electrons. The molecule has 4 nitrogen and oxygen atoms in total. The molecule has 1 saturated heterocycles. The van der Waals surface area contributed by atoms with E-state index >= 15 is 0 Å². The smallest absolute Gasteiger partial charge is 0.251 e. The summed E-state index contributed by atoms with van der Waals surface area (Å²) in [6.45, 7) is 1.92. The highest BCUT2D eigenvalue weighted by molar-refractivity contribution is 6.29. The van der Waals surface area contributed by atoms with E-state index in [2.05, 4.69) is 15.6 Å². The van der Waals surface area contributed by atoms with E-state index in [1.165, 1.54) is 0 Å². The van der Waals surface area contributed by atoms with Crippen molar-refractivity contribution in [3.8, 4) is 0 Å². The lowest BCUT2D eigenvalue weighted by atomic mass is 10.1. The van der Waals surface area contributed by atoms with Gasteiger partial charge >= 0.3 is 0 Å². The molecule has 86 valence electrons. The Kier molecular flexibility index (Phi) is 3.74. The van der Waals surface area contributed by atoms with Crippen molar-refractivity contribution in [2.24, 2.45) is 0 Å². The van der Waals surface area contributed by atoms with E-state index in [4.69, 9.17) is 11.6 Å². The SMILES string of the molecule is O=C(NC1CCNCC1)c1ccnc(Cl)c1. The van der Waals surface area contributed by atoms with Crippen LogP contribution in [0.1, 0.15) is 23.2 Å². The normalized spacial score (nSPS) is 17.1. The molecule has 2 N–H and O–H groups in total. The Morgan fingerprint density at radius 1 is 1.50 bits per heavy atom. The zero-order valence-electron chi connectivity index (χ0n) is 8.87. The molecular formula is C11H14ClN3O. The molecule has 0 aromatic carbocycles. The van der Waals surface area contributed by atoms with Crippen molar-refractivity contribution in [1.29, 1.82) is 0 Å². The molecule has 5 heteroatoms. The first kappa shape index (κ1) is 11.4. The fraction of sp³-hybridized carbons (Fsp3) is 0.455. The summed E-state index contributed by atoms with van der Waals surface area (Å²) in [5.41, 5.74) is 0.568. The third-order valence-electron chi connectivity index (χ3n) is 2.66. The number of hydrogen-bond acceptors (Lipinski definition) is 3. The molecule has 1 amide bonds. The van der Waals surface area contributed by atoms with Gasteiger partial charge in [0.2, 0.25) is 0 Å². The molecule has 0 spiro atoms. The number of nitrogens with zero attached hydrogens (tertiary/aromatic N) is 1. The quantitative estimate of drug-likeness (QED) is 0.763. The van der Waals surface area contributed by atoms with Crippen LogP contribution in [0.15, 0.2) is 18.3 Å². The summed E-state index contributed by atoms with van der Waals surface area (Å²) < 4.78 is 0. The fourth-order valence-corrected chi connectivity index (χ4v) is 1.95. The van der Waals surface area contributed by atoms with Crippen LogP contribution in [0.3, 0.4) is 0 Å². The average molecular weight is 240 g/mol. The van der Waals surface area contributed by atoms with Gasteiger partial charge in [0.15, 0.2) is 0 Å². The monoisotopic (exact) mass is 239 g/mol. The number of amides is 1. The number of hydrogen-bond donors (Lipinski definition) is 2. The molecule has 2 heterocycles. The predicted octanol–water partition coefficient (Wildman–Crippen LogP) is 1.22. The van der Waals surface area contributed by atoms with Gasteiger partial charge in [-0.2, -0.15) is 0 Å². The van der Waals surface area contributed by atoms with E-state index in [1.54, 1.807) is 18.3 Å². The van der Waals surface area contributed by atoms with E-state index in [0.29, 0.717) is 10.7 Å². The van der Waals surface area contributed by atoms with Crippen molar-refractivity contribution < 1.29 is 4.79 Å². The number of halogens is 1. The Labute approximate surface area is 99.4 Å². The van der Waals surface area contributed by atoms with E-state index in [9.17, 15) is 4.79 Å². The minimum atomic E-state index is -0.0730. The lowest BCUT2D eigenvalue weighted by Crippen LogP contribution is -2.42. The highest BCUT2D eigenvalue weighted by Gasteiger charge is 2.16. The van der Waals surface area contributed by atoms with Gasteiger partial charge in [-0.1, -0.05) is 11.6 Å². The fourth-order valence-electron chi connectivity index (χ4n) is 1.78. The molecule has 0 bridgehead atoms. The minimum absolute atomic E-state index is 0.0730. The van der Waals surface area contributed by atoms with Crippen molar-refractivity contribution >= 4 is 17.5 Å². The molecule has 0 atom stereocenters. The lowest BCUT2D eigenvalue weighted by Gasteiger charge is -2.23. The molecule has 1 fully saturated rings. The van der Waals surface area contributed by atoms with Crippen LogP contribution < -0.4 is 10.6 Å². The van der Waals surface area contributed by atoms with Crippen molar-refractivity contribution in [1.82, 2.24) is 15.6 Å². The van der Waals surface area contributed by atoms with Crippen LogP contribution in [-0.4, -0.2) is 30.0 Å². The maximum atomic E-state index is 11.8. The van der Waals surface area contributed by atoms with Crippen LogP contribution in [0.5, 0.6) is 0 Å². The summed E-state index contributed by atoms with van der Waals surface area (Å²) in [5, 5.41) is 6.60. The van der Waals surface area contributed by atoms with Gasteiger partial charge in [-0.25, -0.2) is 4.98 Å². The molecule has 0 unspecified atom stereocenters. The first-order chi connectivity index (χ1) is 7.75. The molecule has 1 aliphatic rings.